The van der Waals surface area contributed by atoms with Crippen LogP contribution in [0.5, 0.6) is 0 Å². The molecule has 1 heterocycles. The topological polar surface area (TPSA) is 43.1 Å². The van der Waals surface area contributed by atoms with Crippen molar-refractivity contribution in [1.29, 1.82) is 0 Å². The summed E-state index contributed by atoms with van der Waals surface area (Å²) in [5.74, 6) is 0. The van der Waals surface area contributed by atoms with Crippen LogP contribution in [0.25, 0.3) is 11.0 Å². The van der Waals surface area contributed by atoms with Crippen LogP contribution in [0.1, 0.15) is 21.6 Å². The monoisotopic (exact) mass is 175 g/mol. The zero-order valence-corrected chi connectivity index (χ0v) is 7.50. The number of nitrogens with zero attached hydrogens (tertiary/aromatic N) is 1. The molecule has 13 heavy (non-hydrogen) atoms. The molecule has 2 aromatic rings. The van der Waals surface area contributed by atoms with E-state index >= 15 is 0 Å². The highest BCUT2D eigenvalue weighted by molar-refractivity contribution is 5.89. The molecule has 0 bridgehead atoms. The number of carbonyl (C=O) groups excluding carboxylic acids is 1. The maximum absolute atomic E-state index is 10.6. The highest BCUT2D eigenvalue weighted by Crippen LogP contribution is 2.22. The van der Waals surface area contributed by atoms with Gasteiger partial charge in [0.1, 0.15) is 6.29 Å². The molecule has 0 atom stereocenters. The minimum absolute atomic E-state index is 0.663. The van der Waals surface area contributed by atoms with Crippen LogP contribution in [0.4, 0.5) is 0 Å². The average molecular weight is 175 g/mol. The molecule has 1 aromatic heterocycles. The predicted molar refractivity (Wildman–Crippen MR) is 48.9 cm³/mol. The predicted octanol–water partition coefficient (Wildman–Crippen LogP) is 2.26. The standard InChI is InChI=1S/C10H9NO2/c1-6-3-8(5-12)4-9-7(2)11-13-10(6)9/h3-5H,1-2H3. The van der Waals surface area contributed by atoms with E-state index in [1.165, 1.54) is 0 Å². The molecule has 66 valence electrons. The van der Waals surface area contributed by atoms with Crippen LogP contribution < -0.4 is 0 Å². The van der Waals surface area contributed by atoms with Crippen molar-refractivity contribution in [3.63, 3.8) is 0 Å². The Bertz CT molecular complexity index is 471. The lowest BCUT2D eigenvalue weighted by molar-refractivity contribution is 0.112. The minimum atomic E-state index is 0.663. The van der Waals surface area contributed by atoms with Crippen molar-refractivity contribution >= 4 is 17.3 Å². The molecule has 0 aliphatic carbocycles. The molecule has 2 rings (SSSR count). The lowest BCUT2D eigenvalue weighted by atomic mass is 10.1. The Balaban J connectivity index is 2.87. The Hall–Kier alpha value is -1.64. The van der Waals surface area contributed by atoms with Gasteiger partial charge in [-0.2, -0.15) is 0 Å². The minimum Gasteiger partial charge on any atom is -0.356 e. The number of hydrogen-bond donors (Lipinski definition) is 0. The highest BCUT2D eigenvalue weighted by Gasteiger charge is 2.07. The Kier molecular flexibility index (Phi) is 1.65. The van der Waals surface area contributed by atoms with Gasteiger partial charge in [-0.1, -0.05) is 5.16 Å². The van der Waals surface area contributed by atoms with Crippen LogP contribution in [0, 0.1) is 13.8 Å². The summed E-state index contributed by atoms with van der Waals surface area (Å²) in [6.45, 7) is 3.76. The molecule has 0 unspecified atom stereocenters. The van der Waals surface area contributed by atoms with Gasteiger partial charge in [0.05, 0.1) is 5.69 Å². The number of benzene rings is 1. The van der Waals surface area contributed by atoms with Gasteiger partial charge in [-0.3, -0.25) is 4.79 Å². The van der Waals surface area contributed by atoms with Crippen molar-refractivity contribution in [1.82, 2.24) is 5.16 Å². The fourth-order valence-electron chi connectivity index (χ4n) is 1.42. The zero-order chi connectivity index (χ0) is 9.42. The average Bonchev–Trinajstić information content (AvgIpc) is 2.48. The second kappa shape index (κ2) is 2.69. The molecule has 0 amide bonds. The molecule has 0 radical (unpaired) electrons. The number of aldehydes is 1. The molecule has 0 saturated heterocycles. The first kappa shape index (κ1) is 7.98. The largest absolute Gasteiger partial charge is 0.356 e. The second-order valence-corrected chi connectivity index (χ2v) is 3.10. The Labute approximate surface area is 75.3 Å². The Morgan fingerprint density at radius 2 is 2.15 bits per heavy atom. The lowest BCUT2D eigenvalue weighted by Crippen LogP contribution is -1.82. The first-order chi connectivity index (χ1) is 6.22. The SMILES string of the molecule is Cc1noc2c(C)cc(C=O)cc12. The summed E-state index contributed by atoms with van der Waals surface area (Å²) in [5.41, 5.74) is 3.20. The van der Waals surface area contributed by atoms with Gasteiger partial charge in [-0.25, -0.2) is 0 Å². The van der Waals surface area contributed by atoms with E-state index in [0.29, 0.717) is 5.56 Å². The van der Waals surface area contributed by atoms with Crippen molar-refractivity contribution < 1.29 is 9.32 Å². The number of aromatic nitrogens is 1. The Morgan fingerprint density at radius 3 is 2.85 bits per heavy atom. The molecule has 0 N–H and O–H groups in total. The quantitative estimate of drug-likeness (QED) is 0.624. The summed E-state index contributed by atoms with van der Waals surface area (Å²) < 4.78 is 5.11. The third-order valence-electron chi connectivity index (χ3n) is 2.10. The van der Waals surface area contributed by atoms with Crippen LogP contribution >= 0.6 is 0 Å². The molecule has 3 nitrogen and oxygen atoms in total. The molecule has 0 spiro atoms. The van der Waals surface area contributed by atoms with Crippen molar-refractivity contribution in [3.05, 3.63) is 29.0 Å². The van der Waals surface area contributed by atoms with E-state index in [9.17, 15) is 4.79 Å². The summed E-state index contributed by atoms with van der Waals surface area (Å²) in [4.78, 5) is 10.6. The van der Waals surface area contributed by atoms with Gasteiger partial charge in [-0.05, 0) is 31.5 Å². The number of carbonyl (C=O) groups is 1. The third-order valence-corrected chi connectivity index (χ3v) is 2.10. The molecular weight excluding hydrogens is 166 g/mol. The number of fused-ring (bicyclic) bond motifs is 1. The highest BCUT2D eigenvalue weighted by atomic mass is 16.5. The van der Waals surface area contributed by atoms with Gasteiger partial charge >= 0.3 is 0 Å². The summed E-state index contributed by atoms with van der Waals surface area (Å²) >= 11 is 0. The van der Waals surface area contributed by atoms with Crippen LogP contribution in [0.3, 0.4) is 0 Å². The summed E-state index contributed by atoms with van der Waals surface area (Å²) in [6.07, 6.45) is 0.832. The smallest absolute Gasteiger partial charge is 0.170 e. The number of rotatable bonds is 1. The van der Waals surface area contributed by atoms with Crippen molar-refractivity contribution in [2.24, 2.45) is 0 Å². The van der Waals surface area contributed by atoms with Gasteiger partial charge in [0, 0.05) is 10.9 Å². The maximum Gasteiger partial charge on any atom is 0.170 e. The molecule has 0 aliphatic rings. The van der Waals surface area contributed by atoms with E-state index in [1.54, 1.807) is 12.1 Å². The van der Waals surface area contributed by atoms with Gasteiger partial charge in [0.15, 0.2) is 5.58 Å². The summed E-state index contributed by atoms with van der Waals surface area (Å²) in [6, 6.07) is 3.58. The lowest BCUT2D eigenvalue weighted by Gasteiger charge is -1.95. The summed E-state index contributed by atoms with van der Waals surface area (Å²) in [7, 11) is 0. The fourth-order valence-corrected chi connectivity index (χ4v) is 1.42. The second-order valence-electron chi connectivity index (χ2n) is 3.10. The molecular formula is C10H9NO2. The van der Waals surface area contributed by atoms with Crippen molar-refractivity contribution in [3.8, 4) is 0 Å². The maximum atomic E-state index is 10.6. The summed E-state index contributed by atoms with van der Waals surface area (Å²) in [5, 5.41) is 4.76. The van der Waals surface area contributed by atoms with Crippen molar-refractivity contribution in [2.75, 3.05) is 0 Å². The normalized spacial score (nSPS) is 10.6. The van der Waals surface area contributed by atoms with E-state index in [4.69, 9.17) is 4.52 Å². The van der Waals surface area contributed by atoms with E-state index < -0.39 is 0 Å². The fraction of sp³-hybridized carbons (Fsp3) is 0.200. The van der Waals surface area contributed by atoms with Gasteiger partial charge in [-0.15, -0.1) is 0 Å². The molecule has 3 heteroatoms. The molecule has 0 saturated carbocycles. The molecule has 0 aliphatic heterocycles. The first-order valence-electron chi connectivity index (χ1n) is 4.04. The van der Waals surface area contributed by atoms with Crippen LogP contribution in [-0.4, -0.2) is 11.4 Å². The van der Waals surface area contributed by atoms with Crippen LogP contribution in [0.2, 0.25) is 0 Å². The number of hydrogen-bond acceptors (Lipinski definition) is 3. The van der Waals surface area contributed by atoms with Gasteiger partial charge < -0.3 is 4.52 Å². The first-order valence-corrected chi connectivity index (χ1v) is 4.04. The Morgan fingerprint density at radius 1 is 1.38 bits per heavy atom. The van der Waals surface area contributed by atoms with E-state index in [0.717, 1.165) is 28.5 Å². The molecule has 1 aromatic carbocycles. The number of aryl methyl sites for hydroxylation is 2. The van der Waals surface area contributed by atoms with Crippen LogP contribution in [-0.2, 0) is 0 Å². The van der Waals surface area contributed by atoms with E-state index in [1.807, 2.05) is 13.8 Å². The van der Waals surface area contributed by atoms with E-state index in [-0.39, 0.29) is 0 Å². The molecule has 0 fully saturated rings. The van der Waals surface area contributed by atoms with Crippen LogP contribution in [0.15, 0.2) is 16.7 Å². The van der Waals surface area contributed by atoms with Gasteiger partial charge in [0.25, 0.3) is 0 Å². The van der Waals surface area contributed by atoms with Gasteiger partial charge in [0.2, 0.25) is 0 Å². The van der Waals surface area contributed by atoms with E-state index in [2.05, 4.69) is 5.16 Å². The third kappa shape index (κ3) is 1.13. The zero-order valence-electron chi connectivity index (χ0n) is 7.50. The van der Waals surface area contributed by atoms with Crippen molar-refractivity contribution in [2.45, 2.75) is 13.8 Å².